The number of amides is 1. The van der Waals surface area contributed by atoms with Crippen molar-refractivity contribution in [3.05, 3.63) is 22.9 Å². The van der Waals surface area contributed by atoms with Crippen molar-refractivity contribution >= 4 is 17.2 Å². The summed E-state index contributed by atoms with van der Waals surface area (Å²) in [6.45, 7) is 2.05. The molecule has 5 nitrogen and oxygen atoms in total. The normalized spacial score (nSPS) is 11.6. The first-order valence-corrected chi connectivity index (χ1v) is 6.48. The molecule has 0 spiro atoms. The zero-order chi connectivity index (χ0) is 14.8. The van der Waals surface area contributed by atoms with Gasteiger partial charge in [0.2, 0.25) is 11.7 Å². The molecule has 2 aromatic heterocycles. The van der Waals surface area contributed by atoms with E-state index in [4.69, 9.17) is 0 Å². The molecule has 0 unspecified atom stereocenters. The smallest absolute Gasteiger partial charge is 0.351 e. The first-order chi connectivity index (χ1) is 9.40. The van der Waals surface area contributed by atoms with Gasteiger partial charge in [-0.1, -0.05) is 12.1 Å². The number of aromatic nitrogens is 2. The standard InChI is InChI=1S/C11H10F3N3O2S/c1-2-8(18)15-5-6-3-4-7(20-6)9-16-10(19-17-9)11(12,13)14/h3-4H,2,5H2,1H3,(H,15,18). The van der Waals surface area contributed by atoms with Crippen molar-refractivity contribution < 1.29 is 22.5 Å². The Hall–Kier alpha value is -1.90. The number of nitrogens with zero attached hydrogens (tertiary/aromatic N) is 2. The molecule has 1 amide bonds. The summed E-state index contributed by atoms with van der Waals surface area (Å²) in [6, 6.07) is 3.28. The van der Waals surface area contributed by atoms with Gasteiger partial charge in [0.25, 0.3) is 0 Å². The fraction of sp³-hybridized carbons (Fsp3) is 0.364. The minimum atomic E-state index is -4.65. The van der Waals surface area contributed by atoms with E-state index in [1.807, 2.05) is 0 Å². The van der Waals surface area contributed by atoms with Crippen molar-refractivity contribution in [1.82, 2.24) is 15.5 Å². The van der Waals surface area contributed by atoms with Crippen molar-refractivity contribution in [2.45, 2.75) is 26.1 Å². The molecule has 0 saturated carbocycles. The van der Waals surface area contributed by atoms with Crippen LogP contribution in [0.15, 0.2) is 16.7 Å². The van der Waals surface area contributed by atoms with Gasteiger partial charge in [-0.2, -0.15) is 18.2 Å². The Balaban J connectivity index is 2.09. The van der Waals surface area contributed by atoms with E-state index in [1.54, 1.807) is 19.1 Å². The Morgan fingerprint density at radius 1 is 1.45 bits per heavy atom. The van der Waals surface area contributed by atoms with Gasteiger partial charge < -0.3 is 9.84 Å². The van der Waals surface area contributed by atoms with E-state index < -0.39 is 12.1 Å². The summed E-state index contributed by atoms with van der Waals surface area (Å²) in [4.78, 5) is 15.6. The number of carbonyl (C=O) groups excluding carboxylic acids is 1. The van der Waals surface area contributed by atoms with Crippen molar-refractivity contribution in [2.24, 2.45) is 0 Å². The second-order valence-electron chi connectivity index (χ2n) is 3.82. The van der Waals surface area contributed by atoms with Gasteiger partial charge in [-0.15, -0.1) is 11.3 Å². The topological polar surface area (TPSA) is 68.0 Å². The minimum absolute atomic E-state index is 0.0983. The highest BCUT2D eigenvalue weighted by molar-refractivity contribution is 7.15. The molecule has 0 saturated heterocycles. The Morgan fingerprint density at radius 3 is 2.80 bits per heavy atom. The monoisotopic (exact) mass is 305 g/mol. The maximum absolute atomic E-state index is 12.3. The van der Waals surface area contributed by atoms with Crippen LogP contribution in [0.3, 0.4) is 0 Å². The van der Waals surface area contributed by atoms with Gasteiger partial charge in [0.1, 0.15) is 0 Å². The van der Waals surface area contributed by atoms with Gasteiger partial charge >= 0.3 is 12.1 Å². The first-order valence-electron chi connectivity index (χ1n) is 5.67. The van der Waals surface area contributed by atoms with Gasteiger partial charge in [0.05, 0.1) is 11.4 Å². The summed E-state index contributed by atoms with van der Waals surface area (Å²) in [7, 11) is 0. The fourth-order valence-corrected chi connectivity index (χ4v) is 2.22. The predicted octanol–water partition coefficient (Wildman–Crippen LogP) is 2.84. The zero-order valence-electron chi connectivity index (χ0n) is 10.3. The molecule has 0 radical (unpaired) electrons. The van der Waals surface area contributed by atoms with Crippen LogP contribution in [0.2, 0.25) is 0 Å². The Bertz CT molecular complexity index is 606. The predicted molar refractivity (Wildman–Crippen MR) is 64.8 cm³/mol. The van der Waals surface area contributed by atoms with Crippen LogP contribution in [-0.2, 0) is 17.5 Å². The van der Waals surface area contributed by atoms with Crippen LogP contribution >= 0.6 is 11.3 Å². The lowest BCUT2D eigenvalue weighted by Crippen LogP contribution is -2.20. The van der Waals surface area contributed by atoms with Crippen molar-refractivity contribution in [1.29, 1.82) is 0 Å². The molecule has 0 aromatic carbocycles. The number of carbonyl (C=O) groups is 1. The molecule has 20 heavy (non-hydrogen) atoms. The van der Waals surface area contributed by atoms with Crippen molar-refractivity contribution in [2.75, 3.05) is 0 Å². The highest BCUT2D eigenvalue weighted by Crippen LogP contribution is 2.31. The van der Waals surface area contributed by atoms with Crippen LogP contribution in [0, 0.1) is 0 Å². The third kappa shape index (κ3) is 3.35. The molecule has 0 bridgehead atoms. The van der Waals surface area contributed by atoms with E-state index in [9.17, 15) is 18.0 Å². The number of halogens is 3. The first kappa shape index (κ1) is 14.5. The quantitative estimate of drug-likeness (QED) is 0.943. The number of rotatable bonds is 4. The summed E-state index contributed by atoms with van der Waals surface area (Å²) in [5.41, 5.74) is 0. The van der Waals surface area contributed by atoms with E-state index in [-0.39, 0.29) is 11.7 Å². The summed E-state index contributed by atoms with van der Waals surface area (Å²) in [6.07, 6.45) is -4.28. The molecule has 2 aromatic rings. The Labute approximate surface area is 115 Å². The van der Waals surface area contributed by atoms with Crippen LogP contribution in [0.4, 0.5) is 13.2 Å². The molecular formula is C11H10F3N3O2S. The van der Waals surface area contributed by atoms with E-state index in [1.165, 1.54) is 11.3 Å². The third-order valence-corrected chi connectivity index (χ3v) is 3.41. The maximum atomic E-state index is 12.3. The second-order valence-corrected chi connectivity index (χ2v) is 4.99. The highest BCUT2D eigenvalue weighted by Gasteiger charge is 2.38. The van der Waals surface area contributed by atoms with Gasteiger partial charge in [0.15, 0.2) is 0 Å². The lowest BCUT2D eigenvalue weighted by molar-refractivity contribution is -0.159. The number of alkyl halides is 3. The van der Waals surface area contributed by atoms with Crippen LogP contribution in [0.5, 0.6) is 0 Å². The third-order valence-electron chi connectivity index (χ3n) is 2.33. The van der Waals surface area contributed by atoms with Crippen LogP contribution in [0.25, 0.3) is 10.7 Å². The minimum Gasteiger partial charge on any atom is -0.351 e. The average molecular weight is 305 g/mol. The lowest BCUT2D eigenvalue weighted by Gasteiger charge is -1.99. The summed E-state index contributed by atoms with van der Waals surface area (Å²) in [5, 5.41) is 5.96. The molecule has 108 valence electrons. The second kappa shape index (κ2) is 5.61. The van der Waals surface area contributed by atoms with E-state index in [0.717, 1.165) is 4.88 Å². The molecule has 1 N–H and O–H groups in total. The van der Waals surface area contributed by atoms with Gasteiger partial charge in [-0.25, -0.2) is 0 Å². The SMILES string of the molecule is CCC(=O)NCc1ccc(-c2noc(C(F)(F)F)n2)s1. The number of thiophene rings is 1. The van der Waals surface area contributed by atoms with Crippen LogP contribution < -0.4 is 5.32 Å². The largest absolute Gasteiger partial charge is 0.471 e. The van der Waals surface area contributed by atoms with Gasteiger partial charge in [0, 0.05) is 11.3 Å². The van der Waals surface area contributed by atoms with E-state index >= 15 is 0 Å². The molecule has 0 aliphatic rings. The van der Waals surface area contributed by atoms with E-state index in [2.05, 4.69) is 20.0 Å². The van der Waals surface area contributed by atoms with Crippen molar-refractivity contribution in [3.8, 4) is 10.7 Å². The van der Waals surface area contributed by atoms with E-state index in [0.29, 0.717) is 17.8 Å². The van der Waals surface area contributed by atoms with Crippen molar-refractivity contribution in [3.63, 3.8) is 0 Å². The molecule has 2 heterocycles. The Kier molecular flexibility index (Phi) is 4.07. The summed E-state index contributed by atoms with van der Waals surface area (Å²) >= 11 is 1.20. The van der Waals surface area contributed by atoms with Gasteiger partial charge in [-0.05, 0) is 12.1 Å². The molecule has 0 aliphatic carbocycles. The zero-order valence-corrected chi connectivity index (χ0v) is 11.1. The van der Waals surface area contributed by atoms with Crippen LogP contribution in [-0.4, -0.2) is 16.0 Å². The Morgan fingerprint density at radius 2 is 2.20 bits per heavy atom. The molecule has 0 fully saturated rings. The summed E-state index contributed by atoms with van der Waals surface area (Å²) in [5.74, 6) is -1.59. The highest BCUT2D eigenvalue weighted by atomic mass is 32.1. The fourth-order valence-electron chi connectivity index (χ4n) is 1.34. The molecule has 9 heteroatoms. The molecule has 0 atom stereocenters. The van der Waals surface area contributed by atoms with Crippen LogP contribution in [0.1, 0.15) is 24.1 Å². The number of hydrogen-bond acceptors (Lipinski definition) is 5. The number of nitrogens with one attached hydrogen (secondary N) is 1. The van der Waals surface area contributed by atoms with Gasteiger partial charge in [-0.3, -0.25) is 4.79 Å². The maximum Gasteiger partial charge on any atom is 0.471 e. The average Bonchev–Trinajstić information content (AvgIpc) is 3.03. The molecule has 0 aliphatic heterocycles. The molecule has 2 rings (SSSR count). The molecular weight excluding hydrogens is 295 g/mol. The number of hydrogen-bond donors (Lipinski definition) is 1. The summed E-state index contributed by atoms with van der Waals surface area (Å²) < 4.78 is 41.2. The lowest BCUT2D eigenvalue weighted by atomic mass is 10.4.